The highest BCUT2D eigenvalue weighted by Gasteiger charge is 2.35. The summed E-state index contributed by atoms with van der Waals surface area (Å²) in [6, 6.07) is 4.25. The molecule has 0 saturated carbocycles. The molecule has 0 radical (unpaired) electrons. The van der Waals surface area contributed by atoms with Crippen molar-refractivity contribution in [1.29, 1.82) is 0 Å². The van der Waals surface area contributed by atoms with Crippen LogP contribution in [0.15, 0.2) is 18.2 Å². The van der Waals surface area contributed by atoms with Crippen LogP contribution in [0.1, 0.15) is 50.4 Å². The number of hydrogen-bond acceptors (Lipinski definition) is 3. The summed E-state index contributed by atoms with van der Waals surface area (Å²) in [5.74, 6) is -0.286. The van der Waals surface area contributed by atoms with Gasteiger partial charge < -0.3 is 15.0 Å². The lowest BCUT2D eigenvalue weighted by Gasteiger charge is -2.37. The number of piperidine rings is 1. The second-order valence-corrected chi connectivity index (χ2v) is 8.85. The average Bonchev–Trinajstić information content (AvgIpc) is 2.58. The number of benzene rings is 1. The molecule has 0 atom stereocenters. The Labute approximate surface area is 165 Å². The third-order valence-corrected chi connectivity index (χ3v) is 5.07. The smallest absolute Gasteiger partial charge is 0.251 e. The standard InChI is InChI=1S/C20H29ClF2N2O2/c1-19(2,3)4-7-25-8-5-20(23,6-9-25)13-24-18(26)15-10-16(21)12-17(11-15)27-14-22/h10-12H,4-9,13-14H2,1-3H3,(H,24,26). The van der Waals surface area contributed by atoms with Crippen LogP contribution in [0.5, 0.6) is 5.75 Å². The van der Waals surface area contributed by atoms with E-state index in [4.69, 9.17) is 16.3 Å². The average molecular weight is 403 g/mol. The summed E-state index contributed by atoms with van der Waals surface area (Å²) in [4.78, 5) is 14.6. The highest BCUT2D eigenvalue weighted by atomic mass is 35.5. The largest absolute Gasteiger partial charge is 0.463 e. The molecular formula is C20H29ClF2N2O2. The first kappa shape index (κ1) is 21.9. The molecule has 0 aliphatic carbocycles. The highest BCUT2D eigenvalue weighted by Crippen LogP contribution is 2.28. The lowest BCUT2D eigenvalue weighted by molar-refractivity contribution is 0.0508. The lowest BCUT2D eigenvalue weighted by Crippen LogP contribution is -2.48. The second-order valence-electron chi connectivity index (χ2n) is 8.41. The van der Waals surface area contributed by atoms with E-state index in [9.17, 15) is 9.18 Å². The Bertz CT molecular complexity index is 641. The number of hydrogen-bond donors (Lipinski definition) is 1. The van der Waals surface area contributed by atoms with E-state index < -0.39 is 18.4 Å². The molecule has 27 heavy (non-hydrogen) atoms. The fourth-order valence-corrected chi connectivity index (χ4v) is 3.25. The minimum absolute atomic E-state index is 0.0508. The maximum atomic E-state index is 15.0. The van der Waals surface area contributed by atoms with Gasteiger partial charge in [0.1, 0.15) is 11.4 Å². The molecule has 152 valence electrons. The zero-order valence-corrected chi connectivity index (χ0v) is 17.0. The van der Waals surface area contributed by atoms with E-state index >= 15 is 4.39 Å². The Kier molecular flexibility index (Phi) is 7.46. The van der Waals surface area contributed by atoms with Gasteiger partial charge in [0, 0.05) is 23.7 Å². The van der Waals surface area contributed by atoms with Crippen LogP contribution in [0.2, 0.25) is 5.02 Å². The zero-order chi connectivity index (χ0) is 20.1. The fraction of sp³-hybridized carbons (Fsp3) is 0.650. The van der Waals surface area contributed by atoms with Gasteiger partial charge in [-0.2, -0.15) is 0 Å². The molecular weight excluding hydrogens is 374 g/mol. The van der Waals surface area contributed by atoms with Gasteiger partial charge in [-0.05, 0) is 49.4 Å². The van der Waals surface area contributed by atoms with Crippen molar-refractivity contribution >= 4 is 17.5 Å². The first-order valence-corrected chi connectivity index (χ1v) is 9.67. The van der Waals surface area contributed by atoms with Crippen LogP contribution in [-0.2, 0) is 0 Å². The number of alkyl halides is 2. The van der Waals surface area contributed by atoms with Gasteiger partial charge in [0.15, 0.2) is 0 Å². The Morgan fingerprint density at radius 3 is 2.56 bits per heavy atom. The number of likely N-dealkylation sites (tertiary alicyclic amines) is 1. The van der Waals surface area contributed by atoms with Crippen molar-refractivity contribution in [2.24, 2.45) is 5.41 Å². The predicted octanol–water partition coefficient (Wildman–Crippen LogP) is 4.62. The summed E-state index contributed by atoms with van der Waals surface area (Å²) in [5, 5.41) is 2.89. The van der Waals surface area contributed by atoms with Crippen LogP contribution in [0.3, 0.4) is 0 Å². The molecule has 1 aliphatic rings. The first-order valence-electron chi connectivity index (χ1n) is 9.29. The lowest BCUT2D eigenvalue weighted by atomic mass is 9.90. The van der Waals surface area contributed by atoms with Gasteiger partial charge in [0.2, 0.25) is 6.86 Å². The van der Waals surface area contributed by atoms with Crippen LogP contribution in [0.4, 0.5) is 8.78 Å². The summed E-state index contributed by atoms with van der Waals surface area (Å²) in [6.45, 7) is 7.88. The molecule has 2 rings (SSSR count). The number of carbonyl (C=O) groups excluding carboxylic acids is 1. The van der Waals surface area contributed by atoms with Crippen LogP contribution in [0, 0.1) is 5.41 Å². The van der Waals surface area contributed by atoms with Crippen molar-refractivity contribution in [3.05, 3.63) is 28.8 Å². The number of nitrogens with zero attached hydrogens (tertiary/aromatic N) is 1. The number of ether oxygens (including phenoxy) is 1. The Morgan fingerprint density at radius 2 is 1.96 bits per heavy atom. The fourth-order valence-electron chi connectivity index (χ4n) is 3.03. The van der Waals surface area contributed by atoms with E-state index in [1.165, 1.54) is 18.2 Å². The van der Waals surface area contributed by atoms with Crippen molar-refractivity contribution in [2.75, 3.05) is 33.0 Å². The minimum Gasteiger partial charge on any atom is -0.463 e. The molecule has 1 fully saturated rings. The zero-order valence-electron chi connectivity index (χ0n) is 16.3. The third kappa shape index (κ3) is 7.26. The van der Waals surface area contributed by atoms with E-state index in [2.05, 4.69) is 31.0 Å². The van der Waals surface area contributed by atoms with Gasteiger partial charge in [0.25, 0.3) is 5.91 Å². The SMILES string of the molecule is CC(C)(C)CCN1CCC(F)(CNC(=O)c2cc(Cl)cc(OCF)c2)CC1. The van der Waals surface area contributed by atoms with Gasteiger partial charge in [0.05, 0.1) is 6.54 Å². The molecule has 0 bridgehead atoms. The number of amides is 1. The molecule has 0 aromatic heterocycles. The van der Waals surface area contributed by atoms with Crippen molar-refractivity contribution in [3.63, 3.8) is 0 Å². The minimum atomic E-state index is -1.41. The molecule has 1 aliphatic heterocycles. The predicted molar refractivity (Wildman–Crippen MR) is 104 cm³/mol. The summed E-state index contributed by atoms with van der Waals surface area (Å²) in [5.41, 5.74) is -0.929. The molecule has 1 aromatic carbocycles. The first-order chi connectivity index (χ1) is 12.6. The molecule has 1 aromatic rings. The monoisotopic (exact) mass is 402 g/mol. The van der Waals surface area contributed by atoms with E-state index in [-0.39, 0.29) is 28.3 Å². The second kappa shape index (κ2) is 9.20. The van der Waals surface area contributed by atoms with E-state index in [1.54, 1.807) is 0 Å². The van der Waals surface area contributed by atoms with Crippen molar-refractivity contribution in [1.82, 2.24) is 10.2 Å². The van der Waals surface area contributed by atoms with Crippen molar-refractivity contribution in [3.8, 4) is 5.75 Å². The van der Waals surface area contributed by atoms with Crippen molar-refractivity contribution < 1.29 is 18.3 Å². The van der Waals surface area contributed by atoms with E-state index in [0.29, 0.717) is 25.9 Å². The summed E-state index contributed by atoms with van der Waals surface area (Å²) in [6.07, 6.45) is 1.85. The van der Waals surface area contributed by atoms with Crippen molar-refractivity contribution in [2.45, 2.75) is 45.7 Å². The van der Waals surface area contributed by atoms with Gasteiger partial charge in [-0.3, -0.25) is 4.79 Å². The maximum absolute atomic E-state index is 15.0. The Hall–Kier alpha value is -1.40. The number of carbonyl (C=O) groups is 1. The normalized spacial score (nSPS) is 17.6. The summed E-state index contributed by atoms with van der Waals surface area (Å²) >= 11 is 5.92. The molecule has 1 N–H and O–H groups in total. The molecule has 1 saturated heterocycles. The van der Waals surface area contributed by atoms with Crippen LogP contribution < -0.4 is 10.1 Å². The molecule has 0 spiro atoms. The Balaban J connectivity index is 1.85. The Morgan fingerprint density at radius 1 is 1.30 bits per heavy atom. The van der Waals surface area contributed by atoms with Crippen LogP contribution >= 0.6 is 11.6 Å². The maximum Gasteiger partial charge on any atom is 0.251 e. The topological polar surface area (TPSA) is 41.6 Å². The molecule has 4 nitrogen and oxygen atoms in total. The van der Waals surface area contributed by atoms with Gasteiger partial charge in [-0.15, -0.1) is 0 Å². The molecule has 7 heteroatoms. The van der Waals surface area contributed by atoms with Crippen LogP contribution in [-0.4, -0.2) is 49.5 Å². The molecule has 1 amide bonds. The third-order valence-electron chi connectivity index (χ3n) is 4.85. The summed E-state index contributed by atoms with van der Waals surface area (Å²) in [7, 11) is 0. The molecule has 0 unspecified atom stereocenters. The quantitative estimate of drug-likeness (QED) is 0.723. The van der Waals surface area contributed by atoms with Gasteiger partial charge >= 0.3 is 0 Å². The number of nitrogens with one attached hydrogen (secondary N) is 1. The van der Waals surface area contributed by atoms with E-state index in [1.807, 2.05) is 0 Å². The van der Waals surface area contributed by atoms with E-state index in [0.717, 1.165) is 13.0 Å². The summed E-state index contributed by atoms with van der Waals surface area (Å²) < 4.78 is 32.1. The number of halogens is 3. The molecule has 1 heterocycles. The van der Waals surface area contributed by atoms with Crippen LogP contribution in [0.25, 0.3) is 0 Å². The van der Waals surface area contributed by atoms with Gasteiger partial charge in [-0.1, -0.05) is 32.4 Å². The highest BCUT2D eigenvalue weighted by molar-refractivity contribution is 6.31. The van der Waals surface area contributed by atoms with Gasteiger partial charge in [-0.25, -0.2) is 8.78 Å². The number of rotatable bonds is 7.